The maximum absolute atomic E-state index is 9.73. The number of rotatable bonds is 8. The van der Waals surface area contributed by atoms with Crippen LogP contribution in [0, 0.1) is 11.8 Å². The Morgan fingerprint density at radius 3 is 2.60 bits per heavy atom. The number of hydrogen-bond acceptors (Lipinski definition) is 6. The second-order valence-electron chi connectivity index (χ2n) is 9.50. The first-order valence-electron chi connectivity index (χ1n) is 11.7. The van der Waals surface area contributed by atoms with Crippen LogP contribution in [0.4, 0.5) is 0 Å². The molecule has 2 N–H and O–H groups in total. The van der Waals surface area contributed by atoms with Crippen LogP contribution in [-0.2, 0) is 13.0 Å². The van der Waals surface area contributed by atoms with Gasteiger partial charge in [-0.05, 0) is 103 Å². The zero-order chi connectivity index (χ0) is 20.9. The molecule has 4 rings (SSSR count). The Hall–Kier alpha value is -1.63. The predicted octanol–water partition coefficient (Wildman–Crippen LogP) is 3.75. The van der Waals surface area contributed by atoms with E-state index in [4.69, 9.17) is 9.26 Å². The third-order valence-electron chi connectivity index (χ3n) is 6.79. The van der Waals surface area contributed by atoms with E-state index in [1.54, 1.807) is 0 Å². The van der Waals surface area contributed by atoms with Gasteiger partial charge in [0.15, 0.2) is 5.58 Å². The molecule has 0 radical (unpaired) electrons. The molecule has 2 aromatic rings. The summed E-state index contributed by atoms with van der Waals surface area (Å²) in [5.41, 5.74) is 3.05. The van der Waals surface area contributed by atoms with Crippen molar-refractivity contribution in [1.29, 1.82) is 0 Å². The van der Waals surface area contributed by atoms with Crippen LogP contribution in [0.3, 0.4) is 0 Å². The van der Waals surface area contributed by atoms with Gasteiger partial charge in [0, 0.05) is 11.9 Å². The van der Waals surface area contributed by atoms with Gasteiger partial charge in [-0.15, -0.1) is 0 Å². The van der Waals surface area contributed by atoms with Gasteiger partial charge in [-0.1, -0.05) is 5.16 Å². The molecule has 1 aliphatic carbocycles. The number of fused-ring (bicyclic) bond motifs is 1. The fraction of sp³-hybridized carbons (Fsp3) is 0.708. The molecule has 0 bridgehead atoms. The number of aryl methyl sites for hydroxylation is 1. The van der Waals surface area contributed by atoms with Crippen LogP contribution in [0.15, 0.2) is 16.7 Å². The van der Waals surface area contributed by atoms with Gasteiger partial charge in [-0.2, -0.15) is 0 Å². The van der Waals surface area contributed by atoms with Gasteiger partial charge in [-0.3, -0.25) is 0 Å². The zero-order valence-electron chi connectivity index (χ0n) is 18.5. The number of ether oxygens (including phenoxy) is 1. The largest absolute Gasteiger partial charge is 0.493 e. The average molecular weight is 416 g/mol. The molecular weight excluding hydrogens is 378 g/mol. The van der Waals surface area contributed by atoms with Crippen molar-refractivity contribution in [3.63, 3.8) is 0 Å². The topological polar surface area (TPSA) is 70.8 Å². The normalized spacial score (nSPS) is 23.3. The highest BCUT2D eigenvalue weighted by Gasteiger charge is 2.22. The maximum Gasteiger partial charge on any atom is 0.175 e. The van der Waals surface area contributed by atoms with Crippen LogP contribution in [-0.4, -0.2) is 55.1 Å². The summed E-state index contributed by atoms with van der Waals surface area (Å²) in [4.78, 5) is 2.15. The zero-order valence-corrected chi connectivity index (χ0v) is 18.5. The average Bonchev–Trinajstić information content (AvgIpc) is 3.17. The Morgan fingerprint density at radius 1 is 1.10 bits per heavy atom. The van der Waals surface area contributed by atoms with E-state index in [1.807, 2.05) is 0 Å². The van der Waals surface area contributed by atoms with Crippen molar-refractivity contribution in [2.24, 2.45) is 11.8 Å². The molecule has 1 saturated heterocycles. The molecule has 0 unspecified atom stereocenters. The monoisotopic (exact) mass is 415 g/mol. The first kappa shape index (κ1) is 21.6. The lowest BCUT2D eigenvalue weighted by Gasteiger charge is -2.26. The number of aliphatic hydroxyl groups is 1. The molecule has 0 atom stereocenters. The van der Waals surface area contributed by atoms with Crippen LogP contribution in [0.5, 0.6) is 5.75 Å². The van der Waals surface area contributed by atoms with Crippen LogP contribution in [0.25, 0.3) is 11.0 Å². The van der Waals surface area contributed by atoms with E-state index in [2.05, 4.69) is 41.6 Å². The SMILES string of the molecule is CN(C)Cc1c(OC[C@H]2CC[C@@H](O)CC2)ccc2c(CCC3CCNCC3)noc12. The summed E-state index contributed by atoms with van der Waals surface area (Å²) in [5.74, 6) is 2.21. The first-order chi connectivity index (χ1) is 14.6. The van der Waals surface area contributed by atoms with Gasteiger partial charge in [0.1, 0.15) is 5.75 Å². The third-order valence-corrected chi connectivity index (χ3v) is 6.79. The minimum Gasteiger partial charge on any atom is -0.493 e. The van der Waals surface area contributed by atoms with Crippen molar-refractivity contribution >= 4 is 11.0 Å². The van der Waals surface area contributed by atoms with Crippen LogP contribution in [0.1, 0.15) is 56.2 Å². The van der Waals surface area contributed by atoms with E-state index < -0.39 is 0 Å². The second-order valence-corrected chi connectivity index (χ2v) is 9.50. The van der Waals surface area contributed by atoms with E-state index in [-0.39, 0.29) is 6.10 Å². The highest BCUT2D eigenvalue weighted by atomic mass is 16.5. The van der Waals surface area contributed by atoms with Gasteiger partial charge in [0.25, 0.3) is 0 Å². The van der Waals surface area contributed by atoms with E-state index in [9.17, 15) is 5.11 Å². The molecule has 166 valence electrons. The minimum atomic E-state index is -0.126. The Morgan fingerprint density at radius 2 is 1.87 bits per heavy atom. The van der Waals surface area contributed by atoms with Crippen molar-refractivity contribution in [1.82, 2.24) is 15.4 Å². The maximum atomic E-state index is 9.73. The summed E-state index contributed by atoms with van der Waals surface area (Å²) in [7, 11) is 4.14. The molecule has 6 nitrogen and oxygen atoms in total. The quantitative estimate of drug-likeness (QED) is 0.684. The van der Waals surface area contributed by atoms with E-state index in [0.29, 0.717) is 12.5 Å². The van der Waals surface area contributed by atoms with Gasteiger partial charge in [0.2, 0.25) is 0 Å². The molecular formula is C24H37N3O3. The van der Waals surface area contributed by atoms with Crippen LogP contribution >= 0.6 is 0 Å². The molecule has 2 aliphatic rings. The highest BCUT2D eigenvalue weighted by molar-refractivity contribution is 5.84. The number of hydrogen-bond donors (Lipinski definition) is 2. The molecule has 2 heterocycles. The molecule has 1 aromatic heterocycles. The minimum absolute atomic E-state index is 0.126. The van der Waals surface area contributed by atoms with Crippen LogP contribution in [0.2, 0.25) is 0 Å². The Bertz CT molecular complexity index is 805. The van der Waals surface area contributed by atoms with Crippen molar-refractivity contribution in [2.75, 3.05) is 33.8 Å². The fourth-order valence-corrected chi connectivity index (χ4v) is 4.90. The summed E-state index contributed by atoms with van der Waals surface area (Å²) >= 11 is 0. The van der Waals surface area contributed by atoms with Crippen molar-refractivity contribution in [2.45, 2.75) is 64.0 Å². The van der Waals surface area contributed by atoms with E-state index >= 15 is 0 Å². The van der Waals surface area contributed by atoms with Crippen molar-refractivity contribution in [3.8, 4) is 5.75 Å². The third kappa shape index (κ3) is 5.34. The van der Waals surface area contributed by atoms with Gasteiger partial charge >= 0.3 is 0 Å². The van der Waals surface area contributed by atoms with Gasteiger partial charge in [-0.25, -0.2) is 0 Å². The molecule has 30 heavy (non-hydrogen) atoms. The van der Waals surface area contributed by atoms with Gasteiger partial charge in [0.05, 0.1) is 24.0 Å². The Balaban J connectivity index is 1.48. The lowest BCUT2D eigenvalue weighted by Crippen LogP contribution is -2.27. The van der Waals surface area contributed by atoms with Crippen molar-refractivity contribution in [3.05, 3.63) is 23.4 Å². The second kappa shape index (κ2) is 10.1. The van der Waals surface area contributed by atoms with E-state index in [1.165, 1.54) is 19.3 Å². The molecule has 1 aromatic carbocycles. The molecule has 0 amide bonds. The highest BCUT2D eigenvalue weighted by Crippen LogP contribution is 2.33. The van der Waals surface area contributed by atoms with Crippen LogP contribution < -0.4 is 10.1 Å². The molecule has 2 fully saturated rings. The first-order valence-corrected chi connectivity index (χ1v) is 11.7. The summed E-state index contributed by atoms with van der Waals surface area (Å²) in [6, 6.07) is 4.23. The summed E-state index contributed by atoms with van der Waals surface area (Å²) < 4.78 is 12.1. The number of aromatic nitrogens is 1. The lowest BCUT2D eigenvalue weighted by molar-refractivity contribution is 0.0914. The lowest BCUT2D eigenvalue weighted by atomic mass is 9.88. The Kier molecular flexibility index (Phi) is 7.28. The number of aliphatic hydroxyl groups excluding tert-OH is 1. The number of benzene rings is 1. The Labute approximate surface area is 179 Å². The number of nitrogens with zero attached hydrogens (tertiary/aromatic N) is 2. The number of piperidine rings is 1. The summed E-state index contributed by atoms with van der Waals surface area (Å²) in [6.07, 6.45) is 8.41. The summed E-state index contributed by atoms with van der Waals surface area (Å²) in [6.45, 7) is 3.74. The summed E-state index contributed by atoms with van der Waals surface area (Å²) in [5, 5.41) is 18.8. The predicted molar refractivity (Wildman–Crippen MR) is 119 cm³/mol. The standard InChI is InChI=1S/C24H37N3O3/c1-27(2)15-21-23(29-16-18-3-6-19(28)7-4-18)10-8-20-22(26-30-24(20)21)9-5-17-11-13-25-14-12-17/h8,10,17-19,25,28H,3-7,9,11-16H2,1-2H3/t18-,19+. The molecule has 6 heteroatoms. The molecule has 1 aliphatic heterocycles. The fourth-order valence-electron chi connectivity index (χ4n) is 4.90. The molecule has 1 saturated carbocycles. The van der Waals surface area contributed by atoms with Gasteiger partial charge < -0.3 is 24.6 Å². The van der Waals surface area contributed by atoms with E-state index in [0.717, 1.165) is 85.6 Å². The van der Waals surface area contributed by atoms with Crippen molar-refractivity contribution < 1.29 is 14.4 Å². The smallest absolute Gasteiger partial charge is 0.175 e. The number of nitrogens with one attached hydrogen (secondary N) is 1. The molecule has 0 spiro atoms.